The molecule has 0 amide bonds. The quantitative estimate of drug-likeness (QED) is 0.672. The lowest BCUT2D eigenvalue weighted by molar-refractivity contribution is -0.0454. The summed E-state index contributed by atoms with van der Waals surface area (Å²) < 4.78 is 19.3. The molecule has 0 spiro atoms. The summed E-state index contributed by atoms with van der Waals surface area (Å²) >= 11 is 0. The molecule has 1 N–H and O–H groups in total. The average Bonchev–Trinajstić information content (AvgIpc) is 3.03. The third-order valence-electron chi connectivity index (χ3n) is 4.83. The molecule has 2 fully saturated rings. The van der Waals surface area contributed by atoms with Gasteiger partial charge in [-0.05, 0) is 37.1 Å². The van der Waals surface area contributed by atoms with Gasteiger partial charge in [-0.15, -0.1) is 0 Å². The van der Waals surface area contributed by atoms with E-state index in [4.69, 9.17) is 4.74 Å². The zero-order valence-electron chi connectivity index (χ0n) is 14.5. The lowest BCUT2D eigenvalue weighted by Crippen LogP contribution is -2.51. The summed E-state index contributed by atoms with van der Waals surface area (Å²) in [7, 11) is 3.72. The first-order valence-corrected chi connectivity index (χ1v) is 8.67. The number of halogens is 1. The highest BCUT2D eigenvalue weighted by Crippen LogP contribution is 2.22. The van der Waals surface area contributed by atoms with Crippen molar-refractivity contribution in [2.24, 2.45) is 4.99 Å². The van der Waals surface area contributed by atoms with Gasteiger partial charge in [-0.3, -0.25) is 9.89 Å². The minimum absolute atomic E-state index is 0.193. The molecule has 2 aliphatic rings. The van der Waals surface area contributed by atoms with Gasteiger partial charge in [-0.2, -0.15) is 0 Å². The second-order valence-corrected chi connectivity index (χ2v) is 6.66. The molecule has 6 heteroatoms. The SMILES string of the molecule is CN=C(NCC1CN2CCCC2CO1)N(C)Cc1cccc(F)c1. The van der Waals surface area contributed by atoms with Crippen LogP contribution in [0.1, 0.15) is 18.4 Å². The van der Waals surface area contributed by atoms with E-state index in [2.05, 4.69) is 15.2 Å². The molecule has 2 atom stereocenters. The summed E-state index contributed by atoms with van der Waals surface area (Å²) in [4.78, 5) is 8.86. The van der Waals surface area contributed by atoms with Crippen molar-refractivity contribution < 1.29 is 9.13 Å². The highest BCUT2D eigenvalue weighted by molar-refractivity contribution is 5.79. The smallest absolute Gasteiger partial charge is 0.193 e. The summed E-state index contributed by atoms with van der Waals surface area (Å²) in [6.45, 7) is 4.37. The Labute approximate surface area is 143 Å². The Bertz CT molecular complexity index is 580. The number of morpholine rings is 1. The largest absolute Gasteiger partial charge is 0.373 e. The van der Waals surface area contributed by atoms with Crippen molar-refractivity contribution in [1.29, 1.82) is 0 Å². The molecule has 132 valence electrons. The van der Waals surface area contributed by atoms with E-state index in [0.717, 1.165) is 31.2 Å². The molecule has 0 radical (unpaired) electrons. The van der Waals surface area contributed by atoms with Gasteiger partial charge in [0.2, 0.25) is 0 Å². The monoisotopic (exact) mass is 334 g/mol. The molecule has 2 heterocycles. The van der Waals surface area contributed by atoms with Crippen LogP contribution < -0.4 is 5.32 Å². The predicted molar refractivity (Wildman–Crippen MR) is 93.6 cm³/mol. The first-order valence-electron chi connectivity index (χ1n) is 8.67. The van der Waals surface area contributed by atoms with E-state index in [0.29, 0.717) is 12.6 Å². The van der Waals surface area contributed by atoms with Crippen molar-refractivity contribution in [3.8, 4) is 0 Å². The number of benzene rings is 1. The van der Waals surface area contributed by atoms with Crippen molar-refractivity contribution in [3.05, 3.63) is 35.6 Å². The van der Waals surface area contributed by atoms with Gasteiger partial charge in [0.1, 0.15) is 5.82 Å². The molecule has 5 nitrogen and oxygen atoms in total. The Morgan fingerprint density at radius 2 is 2.38 bits per heavy atom. The molecular formula is C18H27FN4O. The number of ether oxygens (including phenoxy) is 1. The number of nitrogens with zero attached hydrogens (tertiary/aromatic N) is 3. The van der Waals surface area contributed by atoms with Gasteiger partial charge in [0.15, 0.2) is 5.96 Å². The highest BCUT2D eigenvalue weighted by Gasteiger charge is 2.32. The maximum absolute atomic E-state index is 13.3. The molecule has 3 rings (SSSR count). The van der Waals surface area contributed by atoms with Crippen molar-refractivity contribution in [3.63, 3.8) is 0 Å². The molecule has 1 aromatic carbocycles. The van der Waals surface area contributed by atoms with Crippen molar-refractivity contribution in [2.45, 2.75) is 31.5 Å². The maximum atomic E-state index is 13.3. The standard InChI is InChI=1S/C18H27FN4O/c1-20-18(22(2)11-14-5-3-6-15(19)9-14)21-10-17-12-23-8-4-7-16(23)13-24-17/h3,5-6,9,16-17H,4,7-8,10-13H2,1-2H3,(H,20,21). The van der Waals surface area contributed by atoms with Crippen LogP contribution in [0.15, 0.2) is 29.3 Å². The molecular weight excluding hydrogens is 307 g/mol. The van der Waals surface area contributed by atoms with Crippen molar-refractivity contribution in [1.82, 2.24) is 15.1 Å². The van der Waals surface area contributed by atoms with Crippen LogP contribution in [0.2, 0.25) is 0 Å². The normalized spacial score (nSPS) is 24.7. The molecule has 2 aliphatic heterocycles. The Morgan fingerprint density at radius 1 is 1.50 bits per heavy atom. The Kier molecular flexibility index (Phi) is 5.68. The fourth-order valence-corrected chi connectivity index (χ4v) is 3.58. The van der Waals surface area contributed by atoms with Crippen LogP contribution >= 0.6 is 0 Å². The van der Waals surface area contributed by atoms with Crippen LogP contribution in [-0.4, -0.2) is 68.2 Å². The second kappa shape index (κ2) is 7.94. The fraction of sp³-hybridized carbons (Fsp3) is 0.611. The summed E-state index contributed by atoms with van der Waals surface area (Å²) in [5.41, 5.74) is 0.925. The minimum Gasteiger partial charge on any atom is -0.373 e. The number of guanidine groups is 1. The van der Waals surface area contributed by atoms with E-state index >= 15 is 0 Å². The number of aliphatic imine (C=N–C) groups is 1. The minimum atomic E-state index is -0.209. The lowest BCUT2D eigenvalue weighted by atomic mass is 10.2. The number of hydrogen-bond donors (Lipinski definition) is 1. The number of fused-ring (bicyclic) bond motifs is 1. The zero-order chi connectivity index (χ0) is 16.9. The van der Waals surface area contributed by atoms with Crippen LogP contribution in [0.25, 0.3) is 0 Å². The summed E-state index contributed by atoms with van der Waals surface area (Å²) in [5.74, 6) is 0.589. The predicted octanol–water partition coefficient (Wildman–Crippen LogP) is 1.70. The molecule has 0 bridgehead atoms. The van der Waals surface area contributed by atoms with E-state index in [-0.39, 0.29) is 11.9 Å². The average molecular weight is 334 g/mol. The van der Waals surface area contributed by atoms with Gasteiger partial charge in [-0.1, -0.05) is 12.1 Å². The van der Waals surface area contributed by atoms with Crippen LogP contribution in [-0.2, 0) is 11.3 Å². The van der Waals surface area contributed by atoms with E-state index in [1.807, 2.05) is 18.0 Å². The topological polar surface area (TPSA) is 40.1 Å². The van der Waals surface area contributed by atoms with E-state index in [1.165, 1.54) is 25.5 Å². The zero-order valence-corrected chi connectivity index (χ0v) is 14.5. The molecule has 0 saturated carbocycles. The molecule has 0 aromatic heterocycles. The van der Waals surface area contributed by atoms with Gasteiger partial charge in [-0.25, -0.2) is 4.39 Å². The summed E-state index contributed by atoms with van der Waals surface area (Å²) in [5, 5.41) is 3.38. The van der Waals surface area contributed by atoms with Crippen LogP contribution in [0.3, 0.4) is 0 Å². The van der Waals surface area contributed by atoms with Crippen LogP contribution in [0, 0.1) is 5.82 Å². The van der Waals surface area contributed by atoms with Gasteiger partial charge in [0, 0.05) is 39.8 Å². The van der Waals surface area contributed by atoms with Crippen LogP contribution in [0.4, 0.5) is 4.39 Å². The van der Waals surface area contributed by atoms with E-state index in [9.17, 15) is 4.39 Å². The number of hydrogen-bond acceptors (Lipinski definition) is 3. The van der Waals surface area contributed by atoms with Gasteiger partial charge < -0.3 is 15.0 Å². The summed E-state index contributed by atoms with van der Waals surface area (Å²) in [6.07, 6.45) is 2.74. The van der Waals surface area contributed by atoms with Gasteiger partial charge in [0.25, 0.3) is 0 Å². The van der Waals surface area contributed by atoms with Crippen molar-refractivity contribution >= 4 is 5.96 Å². The molecule has 2 saturated heterocycles. The van der Waals surface area contributed by atoms with Gasteiger partial charge in [0.05, 0.1) is 12.7 Å². The Morgan fingerprint density at radius 3 is 3.17 bits per heavy atom. The van der Waals surface area contributed by atoms with Crippen LogP contribution in [0.5, 0.6) is 0 Å². The Hall–Kier alpha value is -1.66. The molecule has 24 heavy (non-hydrogen) atoms. The third kappa shape index (κ3) is 4.24. The molecule has 0 aliphatic carbocycles. The Balaban J connectivity index is 1.49. The third-order valence-corrected chi connectivity index (χ3v) is 4.83. The number of nitrogens with one attached hydrogen (secondary N) is 1. The van der Waals surface area contributed by atoms with Gasteiger partial charge >= 0.3 is 0 Å². The van der Waals surface area contributed by atoms with E-state index < -0.39 is 0 Å². The first kappa shape index (κ1) is 17.2. The second-order valence-electron chi connectivity index (χ2n) is 6.66. The highest BCUT2D eigenvalue weighted by atomic mass is 19.1. The maximum Gasteiger partial charge on any atom is 0.193 e. The molecule has 1 aromatic rings. The molecule has 2 unspecified atom stereocenters. The number of rotatable bonds is 4. The van der Waals surface area contributed by atoms with E-state index in [1.54, 1.807) is 19.2 Å². The lowest BCUT2D eigenvalue weighted by Gasteiger charge is -2.35. The summed E-state index contributed by atoms with van der Waals surface area (Å²) in [6, 6.07) is 7.29. The first-order chi connectivity index (χ1) is 11.7. The fourth-order valence-electron chi connectivity index (χ4n) is 3.58. The van der Waals surface area contributed by atoms with Crippen molar-refractivity contribution in [2.75, 3.05) is 40.3 Å².